The van der Waals surface area contributed by atoms with Gasteiger partial charge in [0.25, 0.3) is 0 Å². The van der Waals surface area contributed by atoms with E-state index in [4.69, 9.17) is 14.6 Å². The van der Waals surface area contributed by atoms with E-state index < -0.39 is 42.5 Å². The number of rotatable bonds is 8. The molecule has 26 heavy (non-hydrogen) atoms. The molecule has 0 aliphatic carbocycles. The van der Waals surface area contributed by atoms with Gasteiger partial charge in [0, 0.05) is 0 Å². The summed E-state index contributed by atoms with van der Waals surface area (Å²) in [6, 6.07) is 8.85. The summed E-state index contributed by atoms with van der Waals surface area (Å²) in [6.07, 6.45) is -2.45. The summed E-state index contributed by atoms with van der Waals surface area (Å²) in [5.74, 6) is -1.85. The van der Waals surface area contributed by atoms with Crippen molar-refractivity contribution in [3.8, 4) is 0 Å². The molecule has 0 aliphatic heterocycles. The summed E-state index contributed by atoms with van der Waals surface area (Å²) in [5, 5.41) is 8.96. The van der Waals surface area contributed by atoms with Gasteiger partial charge in [-0.25, -0.2) is 9.69 Å². The van der Waals surface area contributed by atoms with E-state index in [0.29, 0.717) is 4.90 Å². The van der Waals surface area contributed by atoms with Crippen LogP contribution in [0.2, 0.25) is 0 Å². The normalized spacial score (nSPS) is 12.0. The highest BCUT2D eigenvalue weighted by Gasteiger charge is 2.30. The number of amides is 2. The van der Waals surface area contributed by atoms with Crippen LogP contribution in [0, 0.1) is 5.41 Å². The van der Waals surface area contributed by atoms with Crippen molar-refractivity contribution in [2.45, 2.75) is 39.9 Å². The Morgan fingerprint density at radius 3 is 2.31 bits per heavy atom. The van der Waals surface area contributed by atoms with E-state index in [1.807, 2.05) is 6.07 Å². The smallest absolute Gasteiger partial charge is 0.416 e. The molecule has 0 radical (unpaired) electrons. The molecular formula is C18H23NO7. The standard InChI is InChI=1S/C18H23NO7/c1-18(2,3)16(23)26-14(9-15(21)22)10-19(12-20)17(24)25-11-13-7-5-4-6-8-13/h4-8,12,14H,9-11H2,1-3H3,(H,21,22)/t14-/m0/s1. The molecule has 8 heteroatoms. The van der Waals surface area contributed by atoms with Crippen molar-refractivity contribution in [3.05, 3.63) is 35.9 Å². The van der Waals surface area contributed by atoms with E-state index in [-0.39, 0.29) is 13.0 Å². The highest BCUT2D eigenvalue weighted by atomic mass is 16.6. The van der Waals surface area contributed by atoms with Crippen LogP contribution in [0.25, 0.3) is 0 Å². The maximum absolute atomic E-state index is 12.0. The number of aliphatic carboxylic acids is 1. The van der Waals surface area contributed by atoms with E-state index in [0.717, 1.165) is 5.56 Å². The van der Waals surface area contributed by atoms with Gasteiger partial charge in [-0.05, 0) is 26.3 Å². The third-order valence-electron chi connectivity index (χ3n) is 3.26. The number of imide groups is 1. The average Bonchev–Trinajstić information content (AvgIpc) is 2.56. The number of carboxylic acids is 1. The number of ether oxygens (including phenoxy) is 2. The van der Waals surface area contributed by atoms with E-state index in [9.17, 15) is 19.2 Å². The first-order valence-corrected chi connectivity index (χ1v) is 7.99. The van der Waals surface area contributed by atoms with Gasteiger partial charge < -0.3 is 14.6 Å². The van der Waals surface area contributed by atoms with Crippen molar-refractivity contribution < 1.29 is 33.8 Å². The zero-order valence-electron chi connectivity index (χ0n) is 15.0. The van der Waals surface area contributed by atoms with Crippen LogP contribution in [-0.4, -0.2) is 47.1 Å². The Morgan fingerprint density at radius 2 is 1.81 bits per heavy atom. The Balaban J connectivity index is 2.71. The van der Waals surface area contributed by atoms with Gasteiger partial charge in [0.1, 0.15) is 12.7 Å². The summed E-state index contributed by atoms with van der Waals surface area (Å²) in [7, 11) is 0. The molecule has 142 valence electrons. The molecule has 0 fully saturated rings. The molecular weight excluding hydrogens is 342 g/mol. The molecule has 2 amide bonds. The van der Waals surface area contributed by atoms with Crippen molar-refractivity contribution >= 4 is 24.4 Å². The Hall–Kier alpha value is -2.90. The van der Waals surface area contributed by atoms with Crippen molar-refractivity contribution in [2.75, 3.05) is 6.54 Å². The molecule has 1 rings (SSSR count). The zero-order valence-corrected chi connectivity index (χ0v) is 15.0. The minimum absolute atomic E-state index is 0.0462. The first-order chi connectivity index (χ1) is 12.1. The fraction of sp³-hybridized carbons (Fsp3) is 0.444. The quantitative estimate of drug-likeness (QED) is 0.555. The second kappa shape index (κ2) is 9.55. The minimum Gasteiger partial charge on any atom is -0.481 e. The average molecular weight is 365 g/mol. The van der Waals surface area contributed by atoms with Gasteiger partial charge >= 0.3 is 18.0 Å². The van der Waals surface area contributed by atoms with Crippen LogP contribution in [0.3, 0.4) is 0 Å². The third-order valence-corrected chi connectivity index (χ3v) is 3.26. The lowest BCUT2D eigenvalue weighted by Gasteiger charge is -2.25. The maximum Gasteiger partial charge on any atom is 0.416 e. The van der Waals surface area contributed by atoms with E-state index >= 15 is 0 Å². The van der Waals surface area contributed by atoms with Crippen LogP contribution in [-0.2, 0) is 30.5 Å². The van der Waals surface area contributed by atoms with Gasteiger partial charge in [-0.1, -0.05) is 30.3 Å². The predicted molar refractivity (Wildman–Crippen MR) is 91.0 cm³/mol. The zero-order chi connectivity index (χ0) is 19.7. The van der Waals surface area contributed by atoms with Gasteiger partial charge in [-0.15, -0.1) is 0 Å². The summed E-state index contributed by atoms with van der Waals surface area (Å²) in [4.78, 5) is 46.8. The molecule has 8 nitrogen and oxygen atoms in total. The second-order valence-electron chi connectivity index (χ2n) is 6.67. The highest BCUT2D eigenvalue weighted by Crippen LogP contribution is 2.18. The lowest BCUT2D eigenvalue weighted by atomic mass is 9.97. The molecule has 0 aliphatic rings. The summed E-state index contributed by atoms with van der Waals surface area (Å²) >= 11 is 0. The van der Waals surface area contributed by atoms with Crippen molar-refractivity contribution in [3.63, 3.8) is 0 Å². The lowest BCUT2D eigenvalue weighted by Crippen LogP contribution is -2.41. The van der Waals surface area contributed by atoms with Gasteiger partial charge in [-0.2, -0.15) is 0 Å². The first-order valence-electron chi connectivity index (χ1n) is 7.99. The second-order valence-corrected chi connectivity index (χ2v) is 6.67. The molecule has 1 N–H and O–H groups in total. The Bertz CT molecular complexity index is 637. The largest absolute Gasteiger partial charge is 0.481 e. The predicted octanol–water partition coefficient (Wildman–Crippen LogP) is 2.21. The lowest BCUT2D eigenvalue weighted by molar-refractivity contribution is -0.162. The molecule has 0 spiro atoms. The number of benzene rings is 1. The fourth-order valence-electron chi connectivity index (χ4n) is 1.85. The van der Waals surface area contributed by atoms with Crippen LogP contribution < -0.4 is 0 Å². The minimum atomic E-state index is -1.22. The maximum atomic E-state index is 12.0. The van der Waals surface area contributed by atoms with E-state index in [1.54, 1.807) is 45.0 Å². The molecule has 1 aromatic rings. The molecule has 0 saturated heterocycles. The van der Waals surface area contributed by atoms with Crippen LogP contribution in [0.1, 0.15) is 32.8 Å². The number of carbonyl (C=O) groups excluding carboxylic acids is 3. The Morgan fingerprint density at radius 1 is 1.19 bits per heavy atom. The number of hydrogen-bond acceptors (Lipinski definition) is 6. The molecule has 1 aromatic carbocycles. The number of carboxylic acid groups (broad SMARTS) is 1. The van der Waals surface area contributed by atoms with Crippen LogP contribution in [0.4, 0.5) is 4.79 Å². The fourth-order valence-corrected chi connectivity index (χ4v) is 1.85. The van der Waals surface area contributed by atoms with Crippen LogP contribution >= 0.6 is 0 Å². The molecule has 0 heterocycles. The Labute approximate surface area is 151 Å². The topological polar surface area (TPSA) is 110 Å². The van der Waals surface area contributed by atoms with E-state index in [1.165, 1.54) is 0 Å². The van der Waals surface area contributed by atoms with Crippen molar-refractivity contribution in [1.29, 1.82) is 0 Å². The number of carbonyl (C=O) groups is 4. The molecule has 0 saturated carbocycles. The summed E-state index contributed by atoms with van der Waals surface area (Å²) in [5.41, 5.74) is -0.121. The summed E-state index contributed by atoms with van der Waals surface area (Å²) < 4.78 is 10.2. The van der Waals surface area contributed by atoms with E-state index in [2.05, 4.69) is 0 Å². The molecule has 1 atom stereocenters. The molecule has 0 unspecified atom stereocenters. The monoisotopic (exact) mass is 365 g/mol. The van der Waals surface area contributed by atoms with Gasteiger partial charge in [0.15, 0.2) is 0 Å². The van der Waals surface area contributed by atoms with Gasteiger partial charge in [0.2, 0.25) is 6.41 Å². The molecule has 0 aromatic heterocycles. The van der Waals surface area contributed by atoms with Gasteiger partial charge in [-0.3, -0.25) is 14.4 Å². The van der Waals surface area contributed by atoms with Crippen molar-refractivity contribution in [2.24, 2.45) is 5.41 Å². The third kappa shape index (κ3) is 7.33. The molecule has 0 bridgehead atoms. The van der Waals surface area contributed by atoms with Crippen molar-refractivity contribution in [1.82, 2.24) is 4.90 Å². The number of esters is 1. The number of nitrogens with zero attached hydrogens (tertiary/aromatic N) is 1. The van der Waals surface area contributed by atoms with Crippen LogP contribution in [0.5, 0.6) is 0 Å². The van der Waals surface area contributed by atoms with Crippen LogP contribution in [0.15, 0.2) is 30.3 Å². The Kier molecular flexibility index (Phi) is 7.77. The number of hydrogen-bond donors (Lipinski definition) is 1. The SMILES string of the molecule is CC(C)(C)C(=O)O[C@@H](CC(=O)O)CN(C=O)C(=O)OCc1ccccc1. The summed E-state index contributed by atoms with van der Waals surface area (Å²) in [6.45, 7) is 4.37. The first kappa shape index (κ1) is 21.1. The highest BCUT2D eigenvalue weighted by molar-refractivity contribution is 5.81. The van der Waals surface area contributed by atoms with Gasteiger partial charge in [0.05, 0.1) is 18.4 Å².